The lowest BCUT2D eigenvalue weighted by atomic mass is 10.1. The Bertz CT molecular complexity index is 969. The van der Waals surface area contributed by atoms with Crippen LogP contribution in [-0.4, -0.2) is 15.5 Å². The second-order valence-corrected chi connectivity index (χ2v) is 6.22. The first-order valence-corrected chi connectivity index (χ1v) is 8.05. The van der Waals surface area contributed by atoms with Crippen molar-refractivity contribution in [2.24, 2.45) is 7.05 Å². The zero-order valence-corrected chi connectivity index (χ0v) is 14.5. The first-order valence-electron chi connectivity index (χ1n) is 7.68. The molecule has 3 rings (SSSR count). The number of carbonyl (C=O) groups excluding carboxylic acids is 1. The van der Waals surface area contributed by atoms with E-state index in [1.165, 1.54) is 0 Å². The number of benzene rings is 2. The number of hydrogen-bond acceptors (Lipinski definition) is 2. The molecule has 0 unspecified atom stereocenters. The summed E-state index contributed by atoms with van der Waals surface area (Å²) in [5.74, 6) is -1.29. The monoisotopic (exact) mass is 363 g/mol. The fourth-order valence-corrected chi connectivity index (χ4v) is 2.81. The highest BCUT2D eigenvalue weighted by Crippen LogP contribution is 2.21. The number of halogens is 3. The predicted molar refractivity (Wildman–Crippen MR) is 92.4 cm³/mol. The van der Waals surface area contributed by atoms with Gasteiger partial charge in [0.05, 0.1) is 22.5 Å². The molecule has 2 aromatic carbocycles. The van der Waals surface area contributed by atoms with E-state index in [4.69, 9.17) is 11.6 Å². The molecule has 1 aromatic heterocycles. The van der Waals surface area contributed by atoms with Gasteiger partial charge >= 0.3 is 0 Å². The summed E-state index contributed by atoms with van der Waals surface area (Å²) in [6.45, 7) is 2.16. The number of fused-ring (bicyclic) bond motifs is 1. The molecule has 25 heavy (non-hydrogen) atoms. The lowest BCUT2D eigenvalue weighted by molar-refractivity contribution is -0.120. The Morgan fingerprint density at radius 1 is 1.28 bits per heavy atom. The third-order valence-electron chi connectivity index (χ3n) is 4.13. The zero-order chi connectivity index (χ0) is 18.1. The second kappa shape index (κ2) is 6.80. The topological polar surface area (TPSA) is 46.9 Å². The van der Waals surface area contributed by atoms with E-state index in [0.717, 1.165) is 34.6 Å². The maximum Gasteiger partial charge on any atom is 0.224 e. The minimum absolute atomic E-state index is 0.208. The maximum absolute atomic E-state index is 13.8. The number of rotatable bonds is 4. The molecule has 1 N–H and O–H groups in total. The van der Waals surface area contributed by atoms with Crippen LogP contribution in [0.25, 0.3) is 11.0 Å². The Kier molecular flexibility index (Phi) is 4.72. The number of nitrogens with one attached hydrogen (secondary N) is 1. The fourth-order valence-electron chi connectivity index (χ4n) is 2.63. The number of amides is 1. The van der Waals surface area contributed by atoms with Crippen LogP contribution in [0, 0.1) is 18.6 Å². The van der Waals surface area contributed by atoms with Crippen molar-refractivity contribution in [2.45, 2.75) is 19.9 Å². The molecule has 0 saturated carbocycles. The van der Waals surface area contributed by atoms with Gasteiger partial charge in [-0.1, -0.05) is 17.7 Å². The number of carbonyl (C=O) groups is 1. The minimum Gasteiger partial charge on any atom is -0.352 e. The summed E-state index contributed by atoms with van der Waals surface area (Å²) in [7, 11) is 1.93. The van der Waals surface area contributed by atoms with Crippen molar-refractivity contribution >= 4 is 28.5 Å². The molecule has 0 atom stereocenters. The van der Waals surface area contributed by atoms with Crippen LogP contribution in [0.3, 0.4) is 0 Å². The van der Waals surface area contributed by atoms with E-state index >= 15 is 0 Å². The molecule has 0 aliphatic rings. The molecule has 7 heteroatoms. The van der Waals surface area contributed by atoms with Crippen molar-refractivity contribution in [3.05, 3.63) is 63.9 Å². The average molecular weight is 364 g/mol. The number of aryl methyl sites for hydroxylation is 2. The SMILES string of the molecule is Cc1nc2cc(CNC(=O)Cc3c(F)ccc(Cl)c3F)ccc2n1C. The van der Waals surface area contributed by atoms with Crippen LogP contribution in [0.2, 0.25) is 5.02 Å². The van der Waals surface area contributed by atoms with Gasteiger partial charge in [0, 0.05) is 19.2 Å². The van der Waals surface area contributed by atoms with E-state index in [1.54, 1.807) is 0 Å². The highest BCUT2D eigenvalue weighted by Gasteiger charge is 2.16. The van der Waals surface area contributed by atoms with E-state index in [9.17, 15) is 13.6 Å². The van der Waals surface area contributed by atoms with Crippen molar-refractivity contribution in [1.82, 2.24) is 14.9 Å². The zero-order valence-electron chi connectivity index (χ0n) is 13.7. The van der Waals surface area contributed by atoms with Crippen molar-refractivity contribution in [3.63, 3.8) is 0 Å². The van der Waals surface area contributed by atoms with Gasteiger partial charge < -0.3 is 9.88 Å². The predicted octanol–water partition coefficient (Wildman–Crippen LogP) is 3.67. The molecule has 0 bridgehead atoms. The quantitative estimate of drug-likeness (QED) is 0.719. The largest absolute Gasteiger partial charge is 0.352 e. The number of aromatic nitrogens is 2. The van der Waals surface area contributed by atoms with E-state index < -0.39 is 24.0 Å². The Labute approximate surface area is 148 Å². The molecule has 4 nitrogen and oxygen atoms in total. The highest BCUT2D eigenvalue weighted by atomic mass is 35.5. The van der Waals surface area contributed by atoms with Crippen LogP contribution in [0.5, 0.6) is 0 Å². The molecule has 0 radical (unpaired) electrons. The van der Waals surface area contributed by atoms with Crippen LogP contribution >= 0.6 is 11.6 Å². The van der Waals surface area contributed by atoms with Gasteiger partial charge in [-0.3, -0.25) is 4.79 Å². The van der Waals surface area contributed by atoms with E-state index in [-0.39, 0.29) is 17.1 Å². The Balaban J connectivity index is 1.70. The Morgan fingerprint density at radius 3 is 2.80 bits per heavy atom. The fraction of sp³-hybridized carbons (Fsp3) is 0.222. The molecule has 0 aliphatic heterocycles. The smallest absolute Gasteiger partial charge is 0.224 e. The molecule has 0 saturated heterocycles. The van der Waals surface area contributed by atoms with Crippen LogP contribution < -0.4 is 5.32 Å². The molecule has 0 fully saturated rings. The number of imidazole rings is 1. The number of nitrogens with zero attached hydrogens (tertiary/aromatic N) is 2. The van der Waals surface area contributed by atoms with Gasteiger partial charge in [-0.25, -0.2) is 13.8 Å². The summed E-state index contributed by atoms with van der Waals surface area (Å²) >= 11 is 5.63. The molecular weight excluding hydrogens is 348 g/mol. The lowest BCUT2D eigenvalue weighted by Crippen LogP contribution is -2.25. The summed E-state index contributed by atoms with van der Waals surface area (Å²) in [4.78, 5) is 16.5. The summed E-state index contributed by atoms with van der Waals surface area (Å²) in [5, 5.41) is 2.45. The molecule has 3 aromatic rings. The third kappa shape index (κ3) is 3.49. The van der Waals surface area contributed by atoms with Gasteiger partial charge in [-0.05, 0) is 36.8 Å². The van der Waals surface area contributed by atoms with Crippen molar-refractivity contribution in [3.8, 4) is 0 Å². The minimum atomic E-state index is -0.901. The van der Waals surface area contributed by atoms with Crippen LogP contribution in [0.4, 0.5) is 8.78 Å². The Morgan fingerprint density at radius 2 is 2.04 bits per heavy atom. The normalized spacial score (nSPS) is 11.1. The Hall–Kier alpha value is -2.47. The molecule has 1 heterocycles. The highest BCUT2D eigenvalue weighted by molar-refractivity contribution is 6.30. The molecule has 0 aliphatic carbocycles. The van der Waals surface area contributed by atoms with Gasteiger partial charge in [0.25, 0.3) is 0 Å². The van der Waals surface area contributed by atoms with Crippen molar-refractivity contribution in [1.29, 1.82) is 0 Å². The van der Waals surface area contributed by atoms with Gasteiger partial charge in [0.15, 0.2) is 0 Å². The summed E-state index contributed by atoms with van der Waals surface area (Å²) in [5.41, 5.74) is 2.35. The van der Waals surface area contributed by atoms with Crippen molar-refractivity contribution < 1.29 is 13.6 Å². The average Bonchev–Trinajstić information content (AvgIpc) is 2.87. The standard InChI is InChI=1S/C18H16ClF2N3O/c1-10-23-15-7-11(3-6-16(15)24(10)2)9-22-17(25)8-12-14(20)5-4-13(19)18(12)21/h3-7H,8-9H2,1-2H3,(H,22,25). The molecule has 0 spiro atoms. The maximum atomic E-state index is 13.8. The van der Waals surface area contributed by atoms with E-state index in [2.05, 4.69) is 10.3 Å². The summed E-state index contributed by atoms with van der Waals surface area (Å²) in [6.07, 6.45) is -0.414. The molecular formula is C18H16ClF2N3O. The van der Waals surface area contributed by atoms with Gasteiger partial charge in [0.2, 0.25) is 5.91 Å². The van der Waals surface area contributed by atoms with Crippen molar-refractivity contribution in [2.75, 3.05) is 0 Å². The van der Waals surface area contributed by atoms with Crippen LogP contribution in [0.1, 0.15) is 17.0 Å². The first-order chi connectivity index (χ1) is 11.9. The van der Waals surface area contributed by atoms with Gasteiger partial charge in [0.1, 0.15) is 17.5 Å². The molecule has 130 valence electrons. The van der Waals surface area contributed by atoms with Gasteiger partial charge in [-0.15, -0.1) is 0 Å². The van der Waals surface area contributed by atoms with Crippen LogP contribution in [0.15, 0.2) is 30.3 Å². The first kappa shape index (κ1) is 17.4. The van der Waals surface area contributed by atoms with E-state index in [1.807, 2.05) is 36.7 Å². The third-order valence-corrected chi connectivity index (χ3v) is 4.43. The lowest BCUT2D eigenvalue weighted by Gasteiger charge is -2.08. The van der Waals surface area contributed by atoms with Gasteiger partial charge in [-0.2, -0.15) is 0 Å². The summed E-state index contributed by atoms with van der Waals surface area (Å²) in [6, 6.07) is 7.85. The van der Waals surface area contributed by atoms with E-state index in [0.29, 0.717) is 0 Å². The number of hydrogen-bond donors (Lipinski definition) is 1. The summed E-state index contributed by atoms with van der Waals surface area (Å²) < 4.78 is 29.5. The molecule has 1 amide bonds. The van der Waals surface area contributed by atoms with Crippen LogP contribution in [-0.2, 0) is 24.8 Å². The second-order valence-electron chi connectivity index (χ2n) is 5.82.